The van der Waals surface area contributed by atoms with Gasteiger partial charge in [-0.15, -0.1) is 0 Å². The fourth-order valence-corrected chi connectivity index (χ4v) is 2.43. The number of carbonyl (C=O) groups is 2. The molecule has 7 heteroatoms. The Balaban J connectivity index is 2.60. The van der Waals surface area contributed by atoms with Gasteiger partial charge in [0.25, 0.3) is 0 Å². The van der Waals surface area contributed by atoms with Gasteiger partial charge in [0.05, 0.1) is 0 Å². The zero-order valence-electron chi connectivity index (χ0n) is 12.0. The molecule has 0 aliphatic carbocycles. The van der Waals surface area contributed by atoms with Crippen LogP contribution in [-0.4, -0.2) is 17.5 Å². The molecule has 0 heterocycles. The van der Waals surface area contributed by atoms with Crippen LogP contribution >= 0.6 is 11.6 Å². The Kier molecular flexibility index (Phi) is 5.10. The Bertz CT molecular complexity index is 762. The minimum Gasteiger partial charge on any atom is -0.387 e. The summed E-state index contributed by atoms with van der Waals surface area (Å²) in [6, 6.07) is 13.0. The number of hydrazine groups is 1. The maximum absolute atomic E-state index is 12.7. The molecule has 1 unspecified atom stereocenters. The first-order chi connectivity index (χ1) is 11.0. The molecule has 23 heavy (non-hydrogen) atoms. The second-order valence-electron chi connectivity index (χ2n) is 4.82. The summed E-state index contributed by atoms with van der Waals surface area (Å²) in [5, 5.41) is 7.97. The quantitative estimate of drug-likeness (QED) is 0.166. The molecule has 6 N–H and O–H groups in total. The third kappa shape index (κ3) is 3.56. The molecule has 2 aromatic carbocycles. The highest BCUT2D eigenvalue weighted by atomic mass is 35.5. The van der Waals surface area contributed by atoms with Gasteiger partial charge in [-0.3, -0.25) is 20.4 Å². The van der Waals surface area contributed by atoms with Gasteiger partial charge in [0.1, 0.15) is 11.8 Å². The molecule has 0 spiro atoms. The minimum absolute atomic E-state index is 0.201. The van der Waals surface area contributed by atoms with Gasteiger partial charge in [0.15, 0.2) is 5.78 Å². The van der Waals surface area contributed by atoms with Crippen molar-refractivity contribution in [2.75, 3.05) is 0 Å². The SMILES string of the molecule is N=C(N)C(C(=O)NN)c1ccc(Cl)cc1C(=O)c1ccccc1. The van der Waals surface area contributed by atoms with Gasteiger partial charge in [-0.2, -0.15) is 0 Å². The number of rotatable bonds is 5. The lowest BCUT2D eigenvalue weighted by atomic mass is 9.89. The van der Waals surface area contributed by atoms with Crippen molar-refractivity contribution in [1.29, 1.82) is 5.41 Å². The number of benzene rings is 2. The average molecular weight is 331 g/mol. The summed E-state index contributed by atoms with van der Waals surface area (Å²) in [5.74, 6) is 2.57. The number of nitrogens with two attached hydrogens (primary N) is 2. The minimum atomic E-state index is -1.17. The molecule has 0 aliphatic rings. The van der Waals surface area contributed by atoms with Crippen LogP contribution in [0.25, 0.3) is 0 Å². The molecule has 1 amide bonds. The van der Waals surface area contributed by atoms with Crippen LogP contribution in [0.15, 0.2) is 48.5 Å². The van der Waals surface area contributed by atoms with E-state index < -0.39 is 17.7 Å². The fraction of sp³-hybridized carbons (Fsp3) is 0.0625. The van der Waals surface area contributed by atoms with Crippen LogP contribution in [0.2, 0.25) is 5.02 Å². The molecule has 1 atom stereocenters. The highest BCUT2D eigenvalue weighted by molar-refractivity contribution is 6.31. The number of hydrogen-bond donors (Lipinski definition) is 4. The number of ketones is 1. The summed E-state index contributed by atoms with van der Waals surface area (Å²) in [5.41, 5.74) is 8.39. The first-order valence-electron chi connectivity index (χ1n) is 6.69. The molecule has 2 aromatic rings. The monoisotopic (exact) mass is 330 g/mol. The van der Waals surface area contributed by atoms with E-state index in [0.29, 0.717) is 10.6 Å². The van der Waals surface area contributed by atoms with Crippen molar-refractivity contribution >= 4 is 29.1 Å². The van der Waals surface area contributed by atoms with Crippen LogP contribution in [0.4, 0.5) is 0 Å². The number of carbonyl (C=O) groups excluding carboxylic acids is 2. The number of amidine groups is 1. The van der Waals surface area contributed by atoms with Crippen molar-refractivity contribution in [3.8, 4) is 0 Å². The van der Waals surface area contributed by atoms with Crippen LogP contribution in [0.5, 0.6) is 0 Å². The highest BCUT2D eigenvalue weighted by Crippen LogP contribution is 2.26. The lowest BCUT2D eigenvalue weighted by Gasteiger charge is -2.18. The second-order valence-corrected chi connectivity index (χ2v) is 5.26. The van der Waals surface area contributed by atoms with Crippen molar-refractivity contribution < 1.29 is 9.59 Å². The third-order valence-corrected chi connectivity index (χ3v) is 3.56. The lowest BCUT2D eigenvalue weighted by molar-refractivity contribution is -0.121. The largest absolute Gasteiger partial charge is 0.387 e. The van der Waals surface area contributed by atoms with Gasteiger partial charge in [-0.1, -0.05) is 48.0 Å². The maximum atomic E-state index is 12.7. The van der Waals surface area contributed by atoms with E-state index in [1.807, 2.05) is 5.43 Å². The molecule has 6 nitrogen and oxygen atoms in total. The highest BCUT2D eigenvalue weighted by Gasteiger charge is 2.28. The van der Waals surface area contributed by atoms with Gasteiger partial charge >= 0.3 is 0 Å². The number of halogens is 1. The van der Waals surface area contributed by atoms with Gasteiger partial charge < -0.3 is 5.73 Å². The molecule has 0 aliphatic heterocycles. The molecule has 2 rings (SSSR count). The summed E-state index contributed by atoms with van der Waals surface area (Å²) in [6.07, 6.45) is 0. The molecular weight excluding hydrogens is 316 g/mol. The van der Waals surface area contributed by atoms with Crippen molar-refractivity contribution in [3.05, 3.63) is 70.2 Å². The second kappa shape index (κ2) is 7.04. The van der Waals surface area contributed by atoms with Crippen LogP contribution in [0, 0.1) is 5.41 Å². The fourth-order valence-electron chi connectivity index (χ4n) is 2.26. The first-order valence-corrected chi connectivity index (χ1v) is 7.07. The van der Waals surface area contributed by atoms with Crippen LogP contribution < -0.4 is 17.0 Å². The van der Waals surface area contributed by atoms with Crippen molar-refractivity contribution in [2.45, 2.75) is 5.92 Å². The van der Waals surface area contributed by atoms with E-state index in [0.717, 1.165) is 0 Å². The average Bonchev–Trinajstić information content (AvgIpc) is 2.56. The molecule has 0 fully saturated rings. The summed E-state index contributed by atoms with van der Waals surface area (Å²) in [7, 11) is 0. The van der Waals surface area contributed by atoms with Crippen molar-refractivity contribution in [1.82, 2.24) is 5.43 Å². The van der Waals surface area contributed by atoms with Gasteiger partial charge in [-0.05, 0) is 17.7 Å². The van der Waals surface area contributed by atoms with Crippen LogP contribution in [0.3, 0.4) is 0 Å². The lowest BCUT2D eigenvalue weighted by Crippen LogP contribution is -2.40. The maximum Gasteiger partial charge on any atom is 0.249 e. The zero-order chi connectivity index (χ0) is 17.0. The Hall–Kier alpha value is -2.70. The van der Waals surface area contributed by atoms with E-state index in [2.05, 4.69) is 0 Å². The Morgan fingerprint density at radius 2 is 1.78 bits per heavy atom. The number of amides is 1. The number of nitrogens with one attached hydrogen (secondary N) is 2. The predicted molar refractivity (Wildman–Crippen MR) is 88.3 cm³/mol. The predicted octanol–water partition coefficient (Wildman–Crippen LogP) is 1.58. The third-order valence-electron chi connectivity index (χ3n) is 3.32. The Morgan fingerprint density at radius 3 is 2.35 bits per heavy atom. The molecular formula is C16H15ClN4O2. The van der Waals surface area contributed by atoms with Crippen LogP contribution in [0.1, 0.15) is 27.4 Å². The van der Waals surface area contributed by atoms with Crippen molar-refractivity contribution in [2.24, 2.45) is 11.6 Å². The Morgan fingerprint density at radius 1 is 1.13 bits per heavy atom. The molecule has 0 bridgehead atoms. The topological polar surface area (TPSA) is 122 Å². The summed E-state index contributed by atoms with van der Waals surface area (Å²) in [4.78, 5) is 24.7. The van der Waals surface area contributed by atoms with Crippen LogP contribution in [-0.2, 0) is 4.79 Å². The molecule has 0 aromatic heterocycles. The summed E-state index contributed by atoms with van der Waals surface area (Å²) in [6.45, 7) is 0. The van der Waals surface area contributed by atoms with E-state index in [1.165, 1.54) is 18.2 Å². The summed E-state index contributed by atoms with van der Waals surface area (Å²) < 4.78 is 0. The Labute approximate surface area is 137 Å². The van der Waals surface area contributed by atoms with E-state index in [9.17, 15) is 9.59 Å². The van der Waals surface area contributed by atoms with E-state index in [1.54, 1.807) is 30.3 Å². The molecule has 0 radical (unpaired) electrons. The number of hydrogen-bond acceptors (Lipinski definition) is 4. The van der Waals surface area contributed by atoms with Gasteiger partial charge in [-0.25, -0.2) is 5.84 Å². The van der Waals surface area contributed by atoms with E-state index in [-0.39, 0.29) is 16.9 Å². The van der Waals surface area contributed by atoms with E-state index >= 15 is 0 Å². The van der Waals surface area contributed by atoms with E-state index in [4.69, 9.17) is 28.6 Å². The van der Waals surface area contributed by atoms with Gasteiger partial charge in [0.2, 0.25) is 5.91 Å². The van der Waals surface area contributed by atoms with Gasteiger partial charge in [0, 0.05) is 16.1 Å². The standard InChI is InChI=1S/C16H15ClN4O2/c17-10-6-7-11(13(15(18)19)16(23)21-20)12(8-10)14(22)9-4-2-1-3-5-9/h1-8,13H,20H2,(H3,18,19)(H,21,23). The molecule has 0 saturated carbocycles. The summed E-state index contributed by atoms with van der Waals surface area (Å²) >= 11 is 5.98. The smallest absolute Gasteiger partial charge is 0.249 e. The molecule has 118 valence electrons. The molecule has 0 saturated heterocycles. The zero-order valence-corrected chi connectivity index (χ0v) is 12.8. The van der Waals surface area contributed by atoms with Crippen molar-refractivity contribution in [3.63, 3.8) is 0 Å². The first kappa shape index (κ1) is 16.7. The normalized spacial score (nSPS) is 11.6.